The largest absolute Gasteiger partial charge is 0.498 e. The highest BCUT2D eigenvalue weighted by molar-refractivity contribution is 5.79. The molecule has 0 radical (unpaired) electrons. The van der Waals surface area contributed by atoms with Gasteiger partial charge in [-0.05, 0) is 120 Å². The van der Waals surface area contributed by atoms with Crippen molar-refractivity contribution in [2.45, 2.75) is 71.8 Å². The van der Waals surface area contributed by atoms with E-state index in [1.165, 1.54) is 31.5 Å². The molecule has 2 aliphatic rings. The molecule has 1 unspecified atom stereocenters. The first-order chi connectivity index (χ1) is 16.4. The van der Waals surface area contributed by atoms with E-state index in [4.69, 9.17) is 9.47 Å². The number of benzene rings is 1. The lowest BCUT2D eigenvalue weighted by Crippen LogP contribution is -2.23. The first-order valence-electron chi connectivity index (χ1n) is 13.3. The van der Waals surface area contributed by atoms with Crippen molar-refractivity contribution in [1.82, 2.24) is 9.80 Å². The van der Waals surface area contributed by atoms with Crippen LogP contribution in [-0.2, 0) is 4.74 Å². The molecule has 5 nitrogen and oxygen atoms in total. The predicted octanol–water partition coefficient (Wildman–Crippen LogP) is 5.42. The predicted molar refractivity (Wildman–Crippen MR) is 141 cm³/mol. The van der Waals surface area contributed by atoms with Crippen LogP contribution in [0.1, 0.15) is 69.9 Å². The van der Waals surface area contributed by atoms with Crippen molar-refractivity contribution < 1.29 is 14.6 Å². The minimum Gasteiger partial charge on any atom is -0.498 e. The molecule has 5 heteroatoms. The molecule has 0 aromatic heterocycles. The smallest absolute Gasteiger partial charge is 0.119 e. The average Bonchev–Trinajstić information content (AvgIpc) is 3.49. The second-order valence-electron chi connectivity index (χ2n) is 10.0. The Morgan fingerprint density at radius 1 is 1.00 bits per heavy atom. The van der Waals surface area contributed by atoms with Crippen molar-refractivity contribution >= 4 is 5.57 Å². The van der Waals surface area contributed by atoms with Gasteiger partial charge in [0.15, 0.2) is 0 Å². The van der Waals surface area contributed by atoms with E-state index < -0.39 is 0 Å². The number of rotatable bonds is 14. The van der Waals surface area contributed by atoms with Crippen LogP contribution < -0.4 is 4.74 Å². The Morgan fingerprint density at radius 3 is 2.47 bits per heavy atom. The molecule has 1 aromatic carbocycles. The number of hydrogen-bond acceptors (Lipinski definition) is 5. The summed E-state index contributed by atoms with van der Waals surface area (Å²) in [5.74, 6) is 1.89. The zero-order valence-electron chi connectivity index (χ0n) is 21.8. The fraction of sp³-hybridized carbons (Fsp3) is 0.655. The van der Waals surface area contributed by atoms with Crippen molar-refractivity contribution in [3.63, 3.8) is 0 Å². The molecule has 3 rings (SSSR count). The third-order valence-electron chi connectivity index (χ3n) is 7.27. The highest BCUT2D eigenvalue weighted by Crippen LogP contribution is 2.29. The lowest BCUT2D eigenvalue weighted by molar-refractivity contribution is 0.174. The van der Waals surface area contributed by atoms with Crippen LogP contribution in [0.5, 0.6) is 5.75 Å². The normalized spacial score (nSPS) is 19.9. The van der Waals surface area contributed by atoms with Crippen LogP contribution >= 0.6 is 0 Å². The van der Waals surface area contributed by atoms with Gasteiger partial charge >= 0.3 is 0 Å². The number of allylic oxidation sites excluding steroid dienone is 3. The highest BCUT2D eigenvalue weighted by atomic mass is 16.5. The monoisotopic (exact) mass is 470 g/mol. The van der Waals surface area contributed by atoms with Gasteiger partial charge in [-0.1, -0.05) is 12.6 Å². The Labute approximate surface area is 207 Å². The molecule has 190 valence electrons. The molecular weight excluding hydrogens is 424 g/mol. The van der Waals surface area contributed by atoms with Crippen molar-refractivity contribution in [2.75, 3.05) is 52.5 Å². The maximum Gasteiger partial charge on any atom is 0.119 e. The van der Waals surface area contributed by atoms with Gasteiger partial charge in [-0.3, -0.25) is 0 Å². The summed E-state index contributed by atoms with van der Waals surface area (Å²) in [7, 11) is 0. The molecule has 2 heterocycles. The Hall–Kier alpha value is -1.82. The molecule has 2 fully saturated rings. The molecule has 1 atom stereocenters. The average molecular weight is 471 g/mol. The summed E-state index contributed by atoms with van der Waals surface area (Å²) < 4.78 is 12.0. The zero-order chi connectivity index (χ0) is 24.3. The maximum absolute atomic E-state index is 9.61. The Kier molecular flexibility index (Phi) is 11.0. The number of β-amino-alcohol motifs (C(OH)–C–C–N with tert-alkyl or cyclic N) is 1. The number of aryl methyl sites for hydroxylation is 1. The fourth-order valence-corrected chi connectivity index (χ4v) is 4.93. The van der Waals surface area contributed by atoms with Gasteiger partial charge in [0.2, 0.25) is 0 Å². The second kappa shape index (κ2) is 13.9. The maximum atomic E-state index is 9.61. The van der Waals surface area contributed by atoms with Gasteiger partial charge in [-0.25, -0.2) is 0 Å². The fourth-order valence-electron chi connectivity index (χ4n) is 4.93. The van der Waals surface area contributed by atoms with E-state index in [1.807, 2.05) is 6.92 Å². The Balaban J connectivity index is 1.37. The van der Waals surface area contributed by atoms with E-state index in [2.05, 4.69) is 48.4 Å². The van der Waals surface area contributed by atoms with Crippen LogP contribution in [0.15, 0.2) is 36.1 Å². The number of nitrogens with zero attached hydrogens (tertiary/aromatic N) is 2. The molecule has 1 N–H and O–H groups in total. The van der Waals surface area contributed by atoms with Crippen LogP contribution in [0, 0.1) is 6.92 Å². The standard InChI is InChI=1S/C29H46N2O3/c1-23-21-28(34-20-10-17-30-14-7-8-15-30)11-12-29(23)25(3)24(2)26(4)33-19-9-5-6-16-31-18-13-27(32)22-31/h11-12,21,27,32H,3,5-10,13-20,22H2,1-2,4H3/b26-24+. The summed E-state index contributed by atoms with van der Waals surface area (Å²) in [4.78, 5) is 4.89. The van der Waals surface area contributed by atoms with Gasteiger partial charge in [0.25, 0.3) is 0 Å². The van der Waals surface area contributed by atoms with E-state index in [-0.39, 0.29) is 6.10 Å². The van der Waals surface area contributed by atoms with Crippen LogP contribution in [0.4, 0.5) is 0 Å². The van der Waals surface area contributed by atoms with Gasteiger partial charge in [0.05, 0.1) is 25.1 Å². The van der Waals surface area contributed by atoms with Crippen LogP contribution in [0.25, 0.3) is 5.57 Å². The van der Waals surface area contributed by atoms with Gasteiger partial charge < -0.3 is 24.4 Å². The molecule has 0 spiro atoms. The van der Waals surface area contributed by atoms with Gasteiger partial charge in [-0.15, -0.1) is 0 Å². The molecular formula is C29H46N2O3. The number of aliphatic hydroxyl groups is 1. The summed E-state index contributed by atoms with van der Waals surface area (Å²) in [6, 6.07) is 6.31. The number of likely N-dealkylation sites (tertiary alicyclic amines) is 2. The molecule has 1 aromatic rings. The summed E-state index contributed by atoms with van der Waals surface area (Å²) in [6.07, 6.45) is 7.93. The molecule has 0 bridgehead atoms. The number of ether oxygens (including phenoxy) is 2. The second-order valence-corrected chi connectivity index (χ2v) is 10.0. The van der Waals surface area contributed by atoms with Crippen LogP contribution in [-0.4, -0.2) is 73.5 Å². The number of unbranched alkanes of at least 4 members (excludes halogenated alkanes) is 2. The number of hydrogen-bond donors (Lipinski definition) is 1. The first-order valence-corrected chi connectivity index (χ1v) is 13.3. The van der Waals surface area contributed by atoms with E-state index in [1.54, 1.807) is 0 Å². The Bertz CT molecular complexity index is 814. The molecule has 2 aliphatic heterocycles. The van der Waals surface area contributed by atoms with Crippen LogP contribution in [0.2, 0.25) is 0 Å². The van der Waals surface area contributed by atoms with Crippen molar-refractivity contribution in [3.05, 3.63) is 47.2 Å². The van der Waals surface area contributed by atoms with Gasteiger partial charge in [0.1, 0.15) is 5.75 Å². The number of aliphatic hydroxyl groups excluding tert-OH is 1. The zero-order valence-corrected chi connectivity index (χ0v) is 21.8. The summed E-state index contributed by atoms with van der Waals surface area (Å²) in [5.41, 5.74) is 4.45. The first kappa shape index (κ1) is 26.8. The summed E-state index contributed by atoms with van der Waals surface area (Å²) >= 11 is 0. The highest BCUT2D eigenvalue weighted by Gasteiger charge is 2.19. The van der Waals surface area contributed by atoms with Crippen molar-refractivity contribution in [3.8, 4) is 5.75 Å². The van der Waals surface area contributed by atoms with E-state index in [0.29, 0.717) is 0 Å². The van der Waals surface area contributed by atoms with E-state index in [0.717, 1.165) is 99.7 Å². The van der Waals surface area contributed by atoms with Gasteiger partial charge in [0, 0.05) is 19.6 Å². The minimum absolute atomic E-state index is 0.121. The third-order valence-corrected chi connectivity index (χ3v) is 7.27. The minimum atomic E-state index is -0.121. The summed E-state index contributed by atoms with van der Waals surface area (Å²) in [6.45, 7) is 18.7. The SMILES string of the molecule is C=C(/C(C)=C(\C)OCCCCCN1CCC(O)C1)c1ccc(OCCCN2CCCC2)cc1C. The topological polar surface area (TPSA) is 45.2 Å². The lowest BCUT2D eigenvalue weighted by Gasteiger charge is -2.17. The molecule has 2 saturated heterocycles. The molecule has 0 amide bonds. The van der Waals surface area contributed by atoms with E-state index in [9.17, 15) is 5.11 Å². The van der Waals surface area contributed by atoms with Crippen molar-refractivity contribution in [2.24, 2.45) is 0 Å². The van der Waals surface area contributed by atoms with Crippen LogP contribution in [0.3, 0.4) is 0 Å². The lowest BCUT2D eigenvalue weighted by atomic mass is 9.96. The molecule has 0 aliphatic carbocycles. The molecule has 0 saturated carbocycles. The molecule has 34 heavy (non-hydrogen) atoms. The Morgan fingerprint density at radius 2 is 1.76 bits per heavy atom. The third kappa shape index (κ3) is 8.44. The van der Waals surface area contributed by atoms with Crippen molar-refractivity contribution in [1.29, 1.82) is 0 Å². The summed E-state index contributed by atoms with van der Waals surface area (Å²) in [5, 5.41) is 9.61. The quantitative estimate of drug-likeness (QED) is 0.223. The van der Waals surface area contributed by atoms with Gasteiger partial charge in [-0.2, -0.15) is 0 Å². The van der Waals surface area contributed by atoms with E-state index >= 15 is 0 Å².